The van der Waals surface area contributed by atoms with Crippen LogP contribution in [0.1, 0.15) is 36.3 Å². The van der Waals surface area contributed by atoms with E-state index in [2.05, 4.69) is 15.5 Å². The number of anilines is 1. The molecule has 3 rings (SSSR count). The molecule has 0 fully saturated rings. The van der Waals surface area contributed by atoms with Crippen molar-refractivity contribution in [2.45, 2.75) is 32.9 Å². The Bertz CT molecular complexity index is 953. The minimum atomic E-state index is -2.67. The average Bonchev–Trinajstić information content (AvgIpc) is 3.20. The molecule has 1 unspecified atom stereocenters. The largest absolute Gasteiger partial charge is 0.324 e. The van der Waals surface area contributed by atoms with Crippen LogP contribution in [0.5, 0.6) is 0 Å². The summed E-state index contributed by atoms with van der Waals surface area (Å²) in [6.07, 6.45) is 0.581. The van der Waals surface area contributed by atoms with Gasteiger partial charge in [0, 0.05) is 17.6 Å². The van der Waals surface area contributed by atoms with Crippen molar-refractivity contribution in [3.63, 3.8) is 0 Å². The highest BCUT2D eigenvalue weighted by Crippen LogP contribution is 2.21. The summed E-state index contributed by atoms with van der Waals surface area (Å²) in [7, 11) is 0. The summed E-state index contributed by atoms with van der Waals surface area (Å²) in [4.78, 5) is 12.5. The Balaban J connectivity index is 1.71. The average molecular weight is 394 g/mol. The van der Waals surface area contributed by atoms with E-state index < -0.39 is 12.5 Å². The fraction of sp³-hybridized carbons (Fsp3) is 0.278. The molecular weight excluding hydrogens is 376 g/mol. The van der Waals surface area contributed by atoms with Crippen LogP contribution >= 0.6 is 11.6 Å². The van der Waals surface area contributed by atoms with Crippen LogP contribution in [0.3, 0.4) is 0 Å². The van der Waals surface area contributed by atoms with Crippen LogP contribution in [-0.4, -0.2) is 25.5 Å². The van der Waals surface area contributed by atoms with Crippen molar-refractivity contribution in [1.82, 2.24) is 19.6 Å². The molecule has 1 N–H and O–H groups in total. The molecule has 9 heteroatoms. The van der Waals surface area contributed by atoms with Gasteiger partial charge < -0.3 is 5.32 Å². The summed E-state index contributed by atoms with van der Waals surface area (Å²) in [6, 6.07) is 7.84. The molecule has 1 aromatic carbocycles. The molecule has 0 saturated heterocycles. The van der Waals surface area contributed by atoms with Crippen LogP contribution in [0.2, 0.25) is 5.02 Å². The van der Waals surface area contributed by atoms with Gasteiger partial charge in [-0.25, -0.2) is 8.78 Å². The highest BCUT2D eigenvalue weighted by molar-refractivity contribution is 6.30. The predicted molar refractivity (Wildman–Crippen MR) is 98.0 cm³/mol. The summed E-state index contributed by atoms with van der Waals surface area (Å²) in [5.74, 6) is -0.346. The van der Waals surface area contributed by atoms with Crippen LogP contribution in [-0.2, 0) is 11.3 Å². The Labute approximate surface area is 159 Å². The summed E-state index contributed by atoms with van der Waals surface area (Å²) < 4.78 is 28.6. The SMILES string of the molecule is Cc1cc(C(F)F)nn1C(C)C(=O)Nc1cccc(Cn2cc(Cl)cn2)c1. The molecule has 0 aliphatic heterocycles. The lowest BCUT2D eigenvalue weighted by Crippen LogP contribution is -2.25. The molecule has 2 heterocycles. The molecule has 1 amide bonds. The first-order valence-electron chi connectivity index (χ1n) is 8.25. The number of nitrogens with zero attached hydrogens (tertiary/aromatic N) is 4. The first kappa shape index (κ1) is 19.0. The van der Waals surface area contributed by atoms with Gasteiger partial charge in [-0.3, -0.25) is 14.2 Å². The quantitative estimate of drug-likeness (QED) is 0.681. The van der Waals surface area contributed by atoms with Crippen LogP contribution in [0, 0.1) is 6.92 Å². The van der Waals surface area contributed by atoms with Crippen molar-refractivity contribution in [3.8, 4) is 0 Å². The molecule has 27 heavy (non-hydrogen) atoms. The highest BCUT2D eigenvalue weighted by Gasteiger charge is 2.21. The maximum absolute atomic E-state index is 12.8. The molecule has 0 aliphatic rings. The number of nitrogens with one attached hydrogen (secondary N) is 1. The zero-order chi connectivity index (χ0) is 19.6. The maximum atomic E-state index is 12.8. The van der Waals surface area contributed by atoms with Gasteiger partial charge >= 0.3 is 0 Å². The molecule has 142 valence electrons. The fourth-order valence-electron chi connectivity index (χ4n) is 2.73. The third-order valence-electron chi connectivity index (χ3n) is 4.05. The second-order valence-corrected chi connectivity index (χ2v) is 6.61. The Hall–Kier alpha value is -2.74. The topological polar surface area (TPSA) is 64.7 Å². The van der Waals surface area contributed by atoms with Crippen molar-refractivity contribution < 1.29 is 13.6 Å². The highest BCUT2D eigenvalue weighted by atomic mass is 35.5. The van der Waals surface area contributed by atoms with Gasteiger partial charge in [-0.1, -0.05) is 23.7 Å². The molecule has 2 aromatic heterocycles. The van der Waals surface area contributed by atoms with Crippen molar-refractivity contribution >= 4 is 23.2 Å². The van der Waals surface area contributed by atoms with Crippen molar-refractivity contribution in [2.24, 2.45) is 0 Å². The lowest BCUT2D eigenvalue weighted by Gasteiger charge is -2.15. The number of halogens is 3. The smallest absolute Gasteiger partial charge is 0.282 e. The second-order valence-electron chi connectivity index (χ2n) is 6.18. The van der Waals surface area contributed by atoms with Gasteiger partial charge in [0.05, 0.1) is 17.8 Å². The number of alkyl halides is 2. The minimum Gasteiger partial charge on any atom is -0.324 e. The second kappa shape index (κ2) is 7.87. The number of carbonyl (C=O) groups excluding carboxylic acids is 1. The third kappa shape index (κ3) is 4.51. The molecule has 1 atom stereocenters. The molecule has 0 spiro atoms. The number of carbonyl (C=O) groups is 1. The molecule has 0 radical (unpaired) electrons. The van der Waals surface area contributed by atoms with Gasteiger partial charge in [-0.2, -0.15) is 10.2 Å². The normalized spacial score (nSPS) is 12.4. The van der Waals surface area contributed by atoms with Crippen molar-refractivity contribution in [2.75, 3.05) is 5.32 Å². The summed E-state index contributed by atoms with van der Waals surface area (Å²) in [5.41, 5.74) is 1.68. The van der Waals surface area contributed by atoms with E-state index in [0.717, 1.165) is 5.56 Å². The fourth-order valence-corrected chi connectivity index (χ4v) is 2.88. The maximum Gasteiger partial charge on any atom is 0.282 e. The van der Waals surface area contributed by atoms with Gasteiger partial charge in [-0.15, -0.1) is 0 Å². The minimum absolute atomic E-state index is 0.341. The third-order valence-corrected chi connectivity index (χ3v) is 4.25. The van der Waals surface area contributed by atoms with E-state index in [1.54, 1.807) is 37.0 Å². The molecule has 0 aliphatic carbocycles. The standard InChI is InChI=1S/C18H18ClF2N5O/c1-11-6-16(17(20)21)24-26(11)12(2)18(27)23-15-5-3-4-13(7-15)9-25-10-14(19)8-22-25/h3-8,10,12,17H,9H2,1-2H3,(H,23,27). The summed E-state index contributed by atoms with van der Waals surface area (Å²) in [6.45, 7) is 3.75. The van der Waals surface area contributed by atoms with E-state index in [1.807, 2.05) is 18.2 Å². The van der Waals surface area contributed by atoms with Crippen LogP contribution in [0.15, 0.2) is 42.7 Å². The van der Waals surface area contributed by atoms with E-state index in [1.165, 1.54) is 10.7 Å². The number of rotatable bonds is 6. The monoisotopic (exact) mass is 393 g/mol. The van der Waals surface area contributed by atoms with E-state index in [-0.39, 0.29) is 11.6 Å². The van der Waals surface area contributed by atoms with Crippen LogP contribution in [0.25, 0.3) is 0 Å². The number of hydrogen-bond acceptors (Lipinski definition) is 3. The van der Waals surface area contributed by atoms with Crippen LogP contribution < -0.4 is 5.32 Å². The Kier molecular flexibility index (Phi) is 5.55. The summed E-state index contributed by atoms with van der Waals surface area (Å²) >= 11 is 5.86. The van der Waals surface area contributed by atoms with E-state index in [0.29, 0.717) is 22.9 Å². The van der Waals surface area contributed by atoms with Gasteiger partial charge in [0.2, 0.25) is 5.91 Å². The lowest BCUT2D eigenvalue weighted by molar-refractivity contribution is -0.119. The van der Waals surface area contributed by atoms with Gasteiger partial charge in [0.15, 0.2) is 0 Å². The van der Waals surface area contributed by atoms with Gasteiger partial charge in [0.25, 0.3) is 6.43 Å². The van der Waals surface area contributed by atoms with Crippen molar-refractivity contribution in [3.05, 3.63) is 64.7 Å². The Morgan fingerprint density at radius 1 is 1.33 bits per heavy atom. The number of aromatic nitrogens is 4. The Morgan fingerprint density at radius 2 is 2.11 bits per heavy atom. The van der Waals surface area contributed by atoms with Crippen molar-refractivity contribution in [1.29, 1.82) is 0 Å². The zero-order valence-electron chi connectivity index (χ0n) is 14.7. The zero-order valence-corrected chi connectivity index (χ0v) is 15.5. The number of aryl methyl sites for hydroxylation is 1. The molecule has 0 saturated carbocycles. The molecule has 6 nitrogen and oxygen atoms in total. The lowest BCUT2D eigenvalue weighted by atomic mass is 10.2. The first-order valence-corrected chi connectivity index (χ1v) is 8.63. The number of amides is 1. The van der Waals surface area contributed by atoms with Gasteiger partial charge in [-0.05, 0) is 37.6 Å². The molecule has 0 bridgehead atoms. The van der Waals surface area contributed by atoms with Gasteiger partial charge in [0.1, 0.15) is 11.7 Å². The molecule has 3 aromatic rings. The number of benzene rings is 1. The van der Waals surface area contributed by atoms with Crippen LogP contribution in [0.4, 0.5) is 14.5 Å². The molecular formula is C18H18ClF2N5O. The predicted octanol–water partition coefficient (Wildman–Crippen LogP) is 4.23. The van der Waals surface area contributed by atoms with E-state index in [4.69, 9.17) is 11.6 Å². The summed E-state index contributed by atoms with van der Waals surface area (Å²) in [5, 5.41) is 11.3. The Morgan fingerprint density at radius 3 is 2.74 bits per heavy atom. The first-order chi connectivity index (χ1) is 12.8. The number of hydrogen-bond donors (Lipinski definition) is 1. The van der Waals surface area contributed by atoms with E-state index >= 15 is 0 Å². The van der Waals surface area contributed by atoms with E-state index in [9.17, 15) is 13.6 Å².